The first kappa shape index (κ1) is 11.8. The molecule has 0 bridgehead atoms. The van der Waals surface area contributed by atoms with Crippen LogP contribution in [0.2, 0.25) is 0 Å². The van der Waals surface area contributed by atoms with E-state index in [0.717, 1.165) is 12.4 Å². The van der Waals surface area contributed by atoms with E-state index in [9.17, 15) is 0 Å². The van der Waals surface area contributed by atoms with Crippen molar-refractivity contribution >= 4 is 23.2 Å². The summed E-state index contributed by atoms with van der Waals surface area (Å²) in [5.41, 5.74) is 0. The van der Waals surface area contributed by atoms with Gasteiger partial charge in [0.15, 0.2) is 0 Å². The molecule has 0 aliphatic heterocycles. The number of hydrogen-bond acceptors (Lipinski definition) is 6. The molecular weight excluding hydrogens is 234 g/mol. The molecular formula is C11H15N5S. The molecule has 0 saturated heterocycles. The SMILES string of the molecule is Cc1nc(NCc2cccs2)nc(N(C)C)n1. The standard InChI is InChI=1S/C11H15N5S/c1-8-13-10(15-11(14-8)16(2)3)12-7-9-5-4-6-17-9/h4-6H,7H2,1-3H3,(H,12,13,14,15). The Morgan fingerprint density at radius 1 is 1.29 bits per heavy atom. The molecule has 90 valence electrons. The molecule has 5 nitrogen and oxygen atoms in total. The van der Waals surface area contributed by atoms with E-state index in [1.54, 1.807) is 11.3 Å². The minimum absolute atomic E-state index is 0.620. The summed E-state index contributed by atoms with van der Waals surface area (Å²) >= 11 is 1.71. The van der Waals surface area contributed by atoms with Gasteiger partial charge in [-0.3, -0.25) is 0 Å². The fourth-order valence-electron chi connectivity index (χ4n) is 1.33. The van der Waals surface area contributed by atoms with E-state index < -0.39 is 0 Å². The van der Waals surface area contributed by atoms with Gasteiger partial charge >= 0.3 is 0 Å². The number of rotatable bonds is 4. The van der Waals surface area contributed by atoms with Gasteiger partial charge in [0.1, 0.15) is 5.82 Å². The molecule has 17 heavy (non-hydrogen) atoms. The van der Waals surface area contributed by atoms with Crippen LogP contribution in [0.15, 0.2) is 17.5 Å². The Morgan fingerprint density at radius 2 is 2.12 bits per heavy atom. The minimum atomic E-state index is 0.620. The van der Waals surface area contributed by atoms with E-state index in [4.69, 9.17) is 0 Å². The monoisotopic (exact) mass is 249 g/mol. The number of nitrogens with one attached hydrogen (secondary N) is 1. The molecule has 0 amide bonds. The fraction of sp³-hybridized carbons (Fsp3) is 0.364. The van der Waals surface area contributed by atoms with Gasteiger partial charge < -0.3 is 10.2 Å². The maximum Gasteiger partial charge on any atom is 0.229 e. The van der Waals surface area contributed by atoms with E-state index in [2.05, 4.69) is 31.7 Å². The van der Waals surface area contributed by atoms with Gasteiger partial charge in [-0.1, -0.05) is 6.07 Å². The lowest BCUT2D eigenvalue weighted by molar-refractivity contribution is 0.909. The average Bonchev–Trinajstić information content (AvgIpc) is 2.78. The number of aryl methyl sites for hydroxylation is 1. The van der Waals surface area contributed by atoms with Crippen molar-refractivity contribution in [1.29, 1.82) is 0 Å². The Hall–Kier alpha value is -1.69. The van der Waals surface area contributed by atoms with Crippen LogP contribution in [0, 0.1) is 6.92 Å². The molecule has 2 aromatic rings. The molecule has 0 fully saturated rings. The predicted octanol–water partition coefficient (Wildman–Crippen LogP) is 1.92. The van der Waals surface area contributed by atoms with Crippen LogP contribution < -0.4 is 10.2 Å². The first-order valence-corrected chi connectivity index (χ1v) is 6.19. The van der Waals surface area contributed by atoms with Crippen LogP contribution in [-0.2, 0) is 6.54 Å². The van der Waals surface area contributed by atoms with Gasteiger partial charge in [0.2, 0.25) is 11.9 Å². The van der Waals surface area contributed by atoms with Crippen LogP contribution in [0.5, 0.6) is 0 Å². The number of thiophene rings is 1. The second-order valence-corrected chi connectivity index (χ2v) is 4.87. The molecule has 0 atom stereocenters. The zero-order chi connectivity index (χ0) is 12.3. The lowest BCUT2D eigenvalue weighted by atomic mass is 10.5. The lowest BCUT2D eigenvalue weighted by Gasteiger charge is -2.12. The Bertz CT molecular complexity index is 481. The molecule has 6 heteroatoms. The van der Waals surface area contributed by atoms with Gasteiger partial charge in [0.05, 0.1) is 6.54 Å². The Balaban J connectivity index is 2.10. The number of nitrogens with zero attached hydrogens (tertiary/aromatic N) is 4. The van der Waals surface area contributed by atoms with Crippen molar-refractivity contribution in [3.8, 4) is 0 Å². The zero-order valence-corrected chi connectivity index (χ0v) is 11.0. The zero-order valence-electron chi connectivity index (χ0n) is 10.1. The Labute approximate surface area is 105 Å². The molecule has 2 rings (SSSR count). The van der Waals surface area contributed by atoms with Crippen LogP contribution in [0.1, 0.15) is 10.7 Å². The molecule has 0 aromatic carbocycles. The van der Waals surface area contributed by atoms with Crippen molar-refractivity contribution in [2.75, 3.05) is 24.3 Å². The van der Waals surface area contributed by atoms with E-state index in [-0.39, 0.29) is 0 Å². The summed E-state index contributed by atoms with van der Waals surface area (Å²) in [5.74, 6) is 2.01. The van der Waals surface area contributed by atoms with E-state index in [0.29, 0.717) is 11.9 Å². The molecule has 0 aliphatic rings. The summed E-state index contributed by atoms with van der Waals surface area (Å²) < 4.78 is 0. The largest absolute Gasteiger partial charge is 0.349 e. The molecule has 1 N–H and O–H groups in total. The van der Waals surface area contributed by atoms with E-state index in [1.807, 2.05) is 32.0 Å². The number of anilines is 2. The lowest BCUT2D eigenvalue weighted by Crippen LogP contribution is -2.15. The van der Waals surface area contributed by atoms with Crippen LogP contribution in [0.4, 0.5) is 11.9 Å². The second kappa shape index (κ2) is 5.09. The molecule has 0 aliphatic carbocycles. The Morgan fingerprint density at radius 3 is 2.76 bits per heavy atom. The smallest absolute Gasteiger partial charge is 0.229 e. The molecule has 0 radical (unpaired) electrons. The van der Waals surface area contributed by atoms with Crippen molar-refractivity contribution in [1.82, 2.24) is 15.0 Å². The Kier molecular flexibility index (Phi) is 3.53. The van der Waals surface area contributed by atoms with Crippen LogP contribution in [0.25, 0.3) is 0 Å². The van der Waals surface area contributed by atoms with Crippen molar-refractivity contribution in [2.24, 2.45) is 0 Å². The topological polar surface area (TPSA) is 53.9 Å². The van der Waals surface area contributed by atoms with Crippen molar-refractivity contribution < 1.29 is 0 Å². The summed E-state index contributed by atoms with van der Waals surface area (Å²) in [4.78, 5) is 16.0. The summed E-state index contributed by atoms with van der Waals surface area (Å²) in [6.45, 7) is 2.61. The third kappa shape index (κ3) is 3.13. The van der Waals surface area contributed by atoms with E-state index in [1.165, 1.54) is 4.88 Å². The molecule has 0 saturated carbocycles. The highest BCUT2D eigenvalue weighted by Gasteiger charge is 2.05. The van der Waals surface area contributed by atoms with Crippen molar-refractivity contribution in [3.63, 3.8) is 0 Å². The van der Waals surface area contributed by atoms with Gasteiger partial charge in [-0.05, 0) is 18.4 Å². The number of hydrogen-bond donors (Lipinski definition) is 1. The summed E-state index contributed by atoms with van der Waals surface area (Å²) in [5, 5.41) is 5.26. The average molecular weight is 249 g/mol. The van der Waals surface area contributed by atoms with Crippen LogP contribution >= 0.6 is 11.3 Å². The third-order valence-corrected chi connectivity index (χ3v) is 3.01. The quantitative estimate of drug-likeness (QED) is 0.897. The third-order valence-electron chi connectivity index (χ3n) is 2.14. The van der Waals surface area contributed by atoms with Crippen LogP contribution in [0.3, 0.4) is 0 Å². The summed E-state index contributed by atoms with van der Waals surface area (Å²) in [7, 11) is 3.83. The maximum atomic E-state index is 4.33. The summed E-state index contributed by atoms with van der Waals surface area (Å²) in [6, 6.07) is 4.12. The predicted molar refractivity (Wildman–Crippen MR) is 70.5 cm³/mol. The van der Waals surface area contributed by atoms with Crippen LogP contribution in [-0.4, -0.2) is 29.0 Å². The van der Waals surface area contributed by atoms with Gasteiger partial charge in [-0.2, -0.15) is 15.0 Å². The molecule has 2 heterocycles. The molecule has 2 aromatic heterocycles. The highest BCUT2D eigenvalue weighted by molar-refractivity contribution is 7.09. The fourth-order valence-corrected chi connectivity index (χ4v) is 1.97. The van der Waals surface area contributed by atoms with Crippen molar-refractivity contribution in [2.45, 2.75) is 13.5 Å². The normalized spacial score (nSPS) is 10.3. The molecule has 0 unspecified atom stereocenters. The highest BCUT2D eigenvalue weighted by atomic mass is 32.1. The second-order valence-electron chi connectivity index (χ2n) is 3.83. The van der Waals surface area contributed by atoms with Crippen molar-refractivity contribution in [3.05, 3.63) is 28.2 Å². The van der Waals surface area contributed by atoms with E-state index >= 15 is 0 Å². The van der Waals surface area contributed by atoms with Gasteiger partial charge in [0.25, 0.3) is 0 Å². The van der Waals surface area contributed by atoms with Gasteiger partial charge in [-0.25, -0.2) is 0 Å². The highest BCUT2D eigenvalue weighted by Crippen LogP contribution is 2.12. The molecule has 0 spiro atoms. The minimum Gasteiger partial charge on any atom is -0.349 e. The first-order chi connectivity index (χ1) is 8.15. The van der Waals surface area contributed by atoms with Gasteiger partial charge in [0, 0.05) is 19.0 Å². The first-order valence-electron chi connectivity index (χ1n) is 5.31. The number of aromatic nitrogens is 3. The summed E-state index contributed by atoms with van der Waals surface area (Å²) in [6.07, 6.45) is 0. The van der Waals surface area contributed by atoms with Gasteiger partial charge in [-0.15, -0.1) is 11.3 Å². The maximum absolute atomic E-state index is 4.33.